The number of rotatable bonds is 5. The molecule has 0 unspecified atom stereocenters. The van der Waals surface area contributed by atoms with Crippen LogP contribution < -0.4 is 0 Å². The molecule has 1 aromatic carbocycles. The Labute approximate surface area is 106 Å². The fourth-order valence-corrected chi connectivity index (χ4v) is 2.89. The lowest BCUT2D eigenvalue weighted by atomic mass is 9.82. The SMILES string of the molecule is CC(C)(CC(=O)O)c1ccc(SC2CC2)cc1. The number of carboxylic acid groups (broad SMARTS) is 1. The number of carboxylic acids is 1. The van der Waals surface area contributed by atoms with Crippen LogP contribution in [0.5, 0.6) is 0 Å². The summed E-state index contributed by atoms with van der Waals surface area (Å²) in [7, 11) is 0. The molecule has 0 aliphatic heterocycles. The number of hydrogen-bond donors (Lipinski definition) is 1. The van der Waals surface area contributed by atoms with E-state index in [4.69, 9.17) is 5.11 Å². The minimum absolute atomic E-state index is 0.169. The summed E-state index contributed by atoms with van der Waals surface area (Å²) in [6.07, 6.45) is 2.83. The Morgan fingerprint density at radius 1 is 1.35 bits per heavy atom. The third-order valence-corrected chi connectivity index (χ3v) is 4.41. The molecule has 92 valence electrons. The highest BCUT2D eigenvalue weighted by molar-refractivity contribution is 8.00. The third kappa shape index (κ3) is 3.50. The Kier molecular flexibility index (Phi) is 3.48. The minimum Gasteiger partial charge on any atom is -0.481 e. The highest BCUT2D eigenvalue weighted by Crippen LogP contribution is 2.39. The van der Waals surface area contributed by atoms with Crippen molar-refractivity contribution in [3.63, 3.8) is 0 Å². The van der Waals surface area contributed by atoms with Gasteiger partial charge in [0, 0.05) is 15.6 Å². The van der Waals surface area contributed by atoms with Gasteiger partial charge in [0.2, 0.25) is 0 Å². The molecule has 0 amide bonds. The molecule has 1 fully saturated rings. The Hall–Kier alpha value is -0.960. The predicted molar refractivity (Wildman–Crippen MR) is 70.6 cm³/mol. The Bertz CT molecular complexity index is 405. The van der Waals surface area contributed by atoms with Crippen LogP contribution in [0.2, 0.25) is 0 Å². The van der Waals surface area contributed by atoms with E-state index in [0.29, 0.717) is 0 Å². The van der Waals surface area contributed by atoms with E-state index >= 15 is 0 Å². The van der Waals surface area contributed by atoms with Gasteiger partial charge >= 0.3 is 5.97 Å². The fraction of sp³-hybridized carbons (Fsp3) is 0.500. The molecule has 0 bridgehead atoms. The lowest BCUT2D eigenvalue weighted by molar-refractivity contribution is -0.138. The third-order valence-electron chi connectivity index (χ3n) is 3.06. The molecule has 1 aliphatic carbocycles. The smallest absolute Gasteiger partial charge is 0.304 e. The number of thioether (sulfide) groups is 1. The summed E-state index contributed by atoms with van der Waals surface area (Å²) < 4.78 is 0. The molecule has 0 saturated heterocycles. The van der Waals surface area contributed by atoms with Gasteiger partial charge < -0.3 is 5.11 Å². The molecule has 1 N–H and O–H groups in total. The molecule has 17 heavy (non-hydrogen) atoms. The zero-order chi connectivity index (χ0) is 12.5. The van der Waals surface area contributed by atoms with Crippen molar-refractivity contribution in [1.82, 2.24) is 0 Å². The van der Waals surface area contributed by atoms with Gasteiger partial charge in [-0.3, -0.25) is 4.79 Å². The van der Waals surface area contributed by atoms with Gasteiger partial charge in [0.05, 0.1) is 6.42 Å². The second-order valence-corrected chi connectivity index (χ2v) is 6.67. The maximum atomic E-state index is 10.8. The summed E-state index contributed by atoms with van der Waals surface area (Å²) >= 11 is 1.93. The molecular formula is C14H18O2S. The maximum absolute atomic E-state index is 10.8. The lowest BCUT2D eigenvalue weighted by Gasteiger charge is -2.23. The average Bonchev–Trinajstić information content (AvgIpc) is 3.00. The second kappa shape index (κ2) is 4.73. The van der Waals surface area contributed by atoms with Crippen molar-refractivity contribution in [3.05, 3.63) is 29.8 Å². The fourth-order valence-electron chi connectivity index (χ4n) is 1.84. The summed E-state index contributed by atoms with van der Waals surface area (Å²) in [6.45, 7) is 3.95. The highest BCUT2D eigenvalue weighted by atomic mass is 32.2. The molecule has 2 rings (SSSR count). The van der Waals surface area contributed by atoms with E-state index < -0.39 is 5.97 Å². The van der Waals surface area contributed by atoms with E-state index in [9.17, 15) is 4.79 Å². The van der Waals surface area contributed by atoms with Gasteiger partial charge in [0.1, 0.15) is 0 Å². The minimum atomic E-state index is -0.744. The quantitative estimate of drug-likeness (QED) is 0.866. The van der Waals surface area contributed by atoms with Crippen LogP contribution in [0.1, 0.15) is 38.7 Å². The first-order valence-electron chi connectivity index (χ1n) is 5.96. The number of aliphatic carboxylic acids is 1. The van der Waals surface area contributed by atoms with Crippen LogP contribution in [0.4, 0.5) is 0 Å². The van der Waals surface area contributed by atoms with Crippen molar-refractivity contribution >= 4 is 17.7 Å². The first-order chi connectivity index (χ1) is 7.97. The van der Waals surface area contributed by atoms with Gasteiger partial charge in [-0.25, -0.2) is 0 Å². The summed E-state index contributed by atoms with van der Waals surface area (Å²) in [5.74, 6) is -0.744. The molecule has 0 atom stereocenters. The van der Waals surface area contributed by atoms with Crippen molar-refractivity contribution in [1.29, 1.82) is 0 Å². The van der Waals surface area contributed by atoms with Crippen LogP contribution in [-0.2, 0) is 10.2 Å². The molecule has 1 aliphatic rings. The summed E-state index contributed by atoms with van der Waals surface area (Å²) in [4.78, 5) is 12.1. The van der Waals surface area contributed by atoms with Crippen molar-refractivity contribution in [2.24, 2.45) is 0 Å². The Balaban J connectivity index is 2.07. The molecule has 0 radical (unpaired) electrons. The molecule has 0 aromatic heterocycles. The Morgan fingerprint density at radius 2 is 1.94 bits per heavy atom. The highest BCUT2D eigenvalue weighted by Gasteiger charge is 2.25. The maximum Gasteiger partial charge on any atom is 0.304 e. The lowest BCUT2D eigenvalue weighted by Crippen LogP contribution is -2.21. The largest absolute Gasteiger partial charge is 0.481 e. The topological polar surface area (TPSA) is 37.3 Å². The van der Waals surface area contributed by atoms with E-state index in [0.717, 1.165) is 10.8 Å². The molecule has 3 heteroatoms. The van der Waals surface area contributed by atoms with Gasteiger partial charge in [-0.05, 0) is 30.5 Å². The van der Waals surface area contributed by atoms with Crippen molar-refractivity contribution < 1.29 is 9.90 Å². The first-order valence-corrected chi connectivity index (χ1v) is 6.84. The molecule has 0 spiro atoms. The molecule has 2 nitrogen and oxygen atoms in total. The first kappa shape index (κ1) is 12.5. The molecule has 0 heterocycles. The van der Waals surface area contributed by atoms with Crippen LogP contribution in [0.3, 0.4) is 0 Å². The number of carbonyl (C=O) groups is 1. The molecule has 1 aromatic rings. The van der Waals surface area contributed by atoms with E-state index in [1.54, 1.807) is 0 Å². The van der Waals surface area contributed by atoms with Gasteiger partial charge in [-0.15, -0.1) is 11.8 Å². The van der Waals surface area contributed by atoms with Crippen LogP contribution in [-0.4, -0.2) is 16.3 Å². The zero-order valence-electron chi connectivity index (χ0n) is 10.3. The van der Waals surface area contributed by atoms with E-state index in [2.05, 4.69) is 24.3 Å². The van der Waals surface area contributed by atoms with E-state index in [1.807, 2.05) is 25.6 Å². The van der Waals surface area contributed by atoms with Gasteiger partial charge in [-0.2, -0.15) is 0 Å². The van der Waals surface area contributed by atoms with Gasteiger partial charge in [0.15, 0.2) is 0 Å². The van der Waals surface area contributed by atoms with Crippen LogP contribution in [0, 0.1) is 0 Å². The molecular weight excluding hydrogens is 232 g/mol. The normalized spacial score (nSPS) is 15.9. The molecule has 1 saturated carbocycles. The van der Waals surface area contributed by atoms with Gasteiger partial charge in [-0.1, -0.05) is 26.0 Å². The number of benzene rings is 1. The summed E-state index contributed by atoms with van der Waals surface area (Å²) in [5, 5.41) is 9.70. The Morgan fingerprint density at radius 3 is 2.41 bits per heavy atom. The standard InChI is InChI=1S/C14H18O2S/c1-14(2,9-13(15)16)10-3-5-11(6-4-10)17-12-7-8-12/h3-6,12H,7-9H2,1-2H3,(H,15,16). The summed E-state index contributed by atoms with van der Waals surface area (Å²) in [6, 6.07) is 8.35. The van der Waals surface area contributed by atoms with E-state index in [-0.39, 0.29) is 11.8 Å². The second-order valence-electron chi connectivity index (χ2n) is 5.30. The van der Waals surface area contributed by atoms with Crippen LogP contribution in [0.25, 0.3) is 0 Å². The van der Waals surface area contributed by atoms with Crippen LogP contribution in [0.15, 0.2) is 29.2 Å². The van der Waals surface area contributed by atoms with E-state index in [1.165, 1.54) is 17.7 Å². The predicted octanol–water partition coefficient (Wildman–Crippen LogP) is 3.69. The monoisotopic (exact) mass is 250 g/mol. The zero-order valence-corrected chi connectivity index (χ0v) is 11.1. The van der Waals surface area contributed by atoms with Gasteiger partial charge in [0.25, 0.3) is 0 Å². The number of hydrogen-bond acceptors (Lipinski definition) is 2. The van der Waals surface area contributed by atoms with Crippen molar-refractivity contribution in [2.45, 2.75) is 48.7 Å². The van der Waals surface area contributed by atoms with Crippen molar-refractivity contribution in [2.75, 3.05) is 0 Å². The van der Waals surface area contributed by atoms with Crippen LogP contribution >= 0.6 is 11.8 Å². The summed E-state index contributed by atoms with van der Waals surface area (Å²) in [5.41, 5.74) is 0.800. The average molecular weight is 250 g/mol. The van der Waals surface area contributed by atoms with Crippen molar-refractivity contribution in [3.8, 4) is 0 Å².